The highest BCUT2D eigenvalue weighted by molar-refractivity contribution is 7.18. The van der Waals surface area contributed by atoms with Crippen LogP contribution in [0.5, 0.6) is 5.75 Å². The minimum absolute atomic E-state index is 0.0469. The summed E-state index contributed by atoms with van der Waals surface area (Å²) < 4.78 is 12.8. The number of thiophene rings is 1. The molecule has 0 bridgehead atoms. The maximum Gasteiger partial charge on any atom is 0.262 e. The number of nitrogens with one attached hydrogen (secondary N) is 1. The van der Waals surface area contributed by atoms with Crippen LogP contribution in [0.1, 0.15) is 42.7 Å². The summed E-state index contributed by atoms with van der Waals surface area (Å²) in [6.45, 7) is 6.34. The second-order valence-electron chi connectivity index (χ2n) is 8.34. The molecule has 3 aromatic rings. The van der Waals surface area contributed by atoms with E-state index in [2.05, 4.69) is 24.1 Å². The predicted octanol–water partition coefficient (Wildman–Crippen LogP) is 3.78. The molecular weight excluding hydrogens is 410 g/mol. The first kappa shape index (κ1) is 22.0. The lowest BCUT2D eigenvalue weighted by molar-refractivity contribution is 0.0766. The van der Waals surface area contributed by atoms with Crippen LogP contribution in [-0.2, 0) is 24.1 Å². The average Bonchev–Trinajstić information content (AvgIpc) is 3.14. The molecule has 7 heteroatoms. The zero-order valence-electron chi connectivity index (χ0n) is 18.5. The lowest BCUT2D eigenvalue weighted by Crippen LogP contribution is -2.35. The van der Waals surface area contributed by atoms with Gasteiger partial charge in [-0.2, -0.15) is 0 Å². The van der Waals surface area contributed by atoms with Gasteiger partial charge in [0.05, 0.1) is 31.5 Å². The molecule has 0 saturated heterocycles. The van der Waals surface area contributed by atoms with Crippen LogP contribution in [0.4, 0.5) is 0 Å². The van der Waals surface area contributed by atoms with Gasteiger partial charge in [-0.25, -0.2) is 4.98 Å². The number of para-hydroxylation sites is 1. The van der Waals surface area contributed by atoms with Gasteiger partial charge in [-0.3, -0.25) is 9.36 Å². The van der Waals surface area contributed by atoms with Gasteiger partial charge >= 0.3 is 0 Å². The Labute approximate surface area is 187 Å². The molecule has 1 aromatic carbocycles. The van der Waals surface area contributed by atoms with E-state index in [9.17, 15) is 4.79 Å². The fourth-order valence-corrected chi connectivity index (χ4v) is 5.46. The molecule has 6 nitrogen and oxygen atoms in total. The van der Waals surface area contributed by atoms with Crippen LogP contribution in [0, 0.1) is 0 Å². The molecule has 1 N–H and O–H groups in total. The summed E-state index contributed by atoms with van der Waals surface area (Å²) in [6, 6.07) is 8.25. The number of rotatable bonds is 9. The summed E-state index contributed by atoms with van der Waals surface area (Å²) in [5.74, 6) is 0.787. The number of benzene rings is 1. The van der Waals surface area contributed by atoms with Gasteiger partial charge in [-0.05, 0) is 57.7 Å². The van der Waals surface area contributed by atoms with Crippen molar-refractivity contribution >= 4 is 21.6 Å². The number of hydrogen-bond acceptors (Lipinski definition) is 6. The smallest absolute Gasteiger partial charge is 0.262 e. The molecule has 0 spiro atoms. The van der Waals surface area contributed by atoms with E-state index in [0.717, 1.165) is 60.4 Å². The van der Waals surface area contributed by atoms with Crippen molar-refractivity contribution in [2.75, 3.05) is 20.3 Å². The molecule has 0 aliphatic heterocycles. The van der Waals surface area contributed by atoms with E-state index >= 15 is 0 Å². The number of aromatic nitrogens is 2. The Bertz CT molecular complexity index is 1090. The van der Waals surface area contributed by atoms with Crippen molar-refractivity contribution < 1.29 is 9.47 Å². The highest BCUT2D eigenvalue weighted by atomic mass is 32.1. The van der Waals surface area contributed by atoms with Crippen LogP contribution in [0.25, 0.3) is 10.2 Å². The first-order valence-corrected chi connectivity index (χ1v) is 11.8. The van der Waals surface area contributed by atoms with Gasteiger partial charge in [0.2, 0.25) is 0 Å². The van der Waals surface area contributed by atoms with Crippen molar-refractivity contribution in [3.63, 3.8) is 0 Å². The zero-order chi connectivity index (χ0) is 21.8. The van der Waals surface area contributed by atoms with E-state index in [1.54, 1.807) is 29.3 Å². The third-order valence-corrected chi connectivity index (χ3v) is 6.94. The average molecular weight is 442 g/mol. The van der Waals surface area contributed by atoms with E-state index in [1.165, 1.54) is 10.4 Å². The second kappa shape index (κ2) is 9.94. The Kier molecular flexibility index (Phi) is 7.05. The molecular formula is C24H31N3O3S. The molecule has 1 aliphatic rings. The zero-order valence-corrected chi connectivity index (χ0v) is 19.3. The lowest BCUT2D eigenvalue weighted by Gasteiger charge is -2.23. The van der Waals surface area contributed by atoms with E-state index in [1.807, 2.05) is 24.3 Å². The summed E-state index contributed by atoms with van der Waals surface area (Å²) in [6.07, 6.45) is 5.91. The van der Waals surface area contributed by atoms with Crippen molar-refractivity contribution in [3.8, 4) is 5.75 Å². The molecule has 2 aromatic heterocycles. The fraction of sp³-hybridized carbons (Fsp3) is 0.500. The Balaban J connectivity index is 1.48. The number of nitrogens with zero attached hydrogens (tertiary/aromatic N) is 2. The molecule has 1 unspecified atom stereocenters. The van der Waals surface area contributed by atoms with E-state index < -0.39 is 0 Å². The number of ether oxygens (including phenoxy) is 2. The molecule has 0 fully saturated rings. The Hall–Kier alpha value is -2.22. The van der Waals surface area contributed by atoms with Gasteiger partial charge in [-0.15, -0.1) is 11.3 Å². The van der Waals surface area contributed by atoms with Gasteiger partial charge in [0.1, 0.15) is 10.6 Å². The van der Waals surface area contributed by atoms with Crippen molar-refractivity contribution in [1.82, 2.24) is 14.9 Å². The first-order chi connectivity index (χ1) is 15.1. The molecule has 166 valence electrons. The van der Waals surface area contributed by atoms with Crippen LogP contribution < -0.4 is 15.6 Å². The highest BCUT2D eigenvalue weighted by Crippen LogP contribution is 2.33. The summed E-state index contributed by atoms with van der Waals surface area (Å²) in [5.41, 5.74) is 2.22. The van der Waals surface area contributed by atoms with Crippen molar-refractivity contribution in [2.24, 2.45) is 0 Å². The van der Waals surface area contributed by atoms with Crippen molar-refractivity contribution in [2.45, 2.75) is 58.2 Å². The van der Waals surface area contributed by atoms with Crippen LogP contribution >= 0.6 is 11.3 Å². The maximum absolute atomic E-state index is 13.3. The lowest BCUT2D eigenvalue weighted by atomic mass is 9.93. The van der Waals surface area contributed by atoms with E-state index in [0.29, 0.717) is 12.6 Å². The quantitative estimate of drug-likeness (QED) is 0.512. The third kappa shape index (κ3) is 5.00. The molecule has 2 heterocycles. The van der Waals surface area contributed by atoms with Crippen LogP contribution in [0.3, 0.4) is 0 Å². The Morgan fingerprint density at radius 1 is 1.32 bits per heavy atom. The minimum atomic E-state index is 0.0469. The number of fused-ring (bicyclic) bond motifs is 3. The normalized spacial score (nSPS) is 16.1. The number of hydrogen-bond donors (Lipinski definition) is 1. The Morgan fingerprint density at radius 2 is 2.16 bits per heavy atom. The largest absolute Gasteiger partial charge is 0.496 e. The molecule has 0 amide bonds. The van der Waals surface area contributed by atoms with Gasteiger partial charge in [0, 0.05) is 23.1 Å². The predicted molar refractivity (Wildman–Crippen MR) is 125 cm³/mol. The molecule has 4 rings (SSSR count). The van der Waals surface area contributed by atoms with Gasteiger partial charge in [0.15, 0.2) is 0 Å². The standard InChI is InChI=1S/C24H31N3O3S/c1-16(2)30-12-6-11-25-18-9-10-19-21(13-18)31-23-22(19)24(28)27(15-26-23)14-17-7-4-5-8-20(17)29-3/h4-5,7-8,15-16,18,25H,6,9-14H2,1-3H3. The number of methoxy groups -OCH3 is 1. The summed E-state index contributed by atoms with van der Waals surface area (Å²) in [5, 5.41) is 4.47. The fourth-order valence-electron chi connectivity index (χ4n) is 4.20. The molecule has 1 atom stereocenters. The summed E-state index contributed by atoms with van der Waals surface area (Å²) >= 11 is 1.67. The van der Waals surface area contributed by atoms with Crippen molar-refractivity contribution in [3.05, 3.63) is 57.0 Å². The van der Waals surface area contributed by atoms with Crippen LogP contribution in [-0.4, -0.2) is 42.0 Å². The third-order valence-electron chi connectivity index (χ3n) is 5.77. The topological polar surface area (TPSA) is 65.4 Å². The maximum atomic E-state index is 13.3. The van der Waals surface area contributed by atoms with Crippen LogP contribution in [0.15, 0.2) is 35.4 Å². The van der Waals surface area contributed by atoms with E-state index in [-0.39, 0.29) is 11.7 Å². The van der Waals surface area contributed by atoms with Gasteiger partial charge in [-0.1, -0.05) is 18.2 Å². The monoisotopic (exact) mass is 441 g/mol. The van der Waals surface area contributed by atoms with Gasteiger partial charge < -0.3 is 14.8 Å². The Morgan fingerprint density at radius 3 is 2.97 bits per heavy atom. The van der Waals surface area contributed by atoms with E-state index in [4.69, 9.17) is 9.47 Å². The SMILES string of the molecule is COc1ccccc1Cn1cnc2sc3c(c2c1=O)CCC(NCCCOC(C)C)C3. The summed E-state index contributed by atoms with van der Waals surface area (Å²) in [4.78, 5) is 20.1. The number of aryl methyl sites for hydroxylation is 1. The minimum Gasteiger partial charge on any atom is -0.496 e. The molecule has 0 saturated carbocycles. The first-order valence-electron chi connectivity index (χ1n) is 11.0. The highest BCUT2D eigenvalue weighted by Gasteiger charge is 2.25. The summed E-state index contributed by atoms with van der Waals surface area (Å²) in [7, 11) is 1.65. The molecule has 0 radical (unpaired) electrons. The second-order valence-corrected chi connectivity index (χ2v) is 9.42. The van der Waals surface area contributed by atoms with Crippen LogP contribution in [0.2, 0.25) is 0 Å². The van der Waals surface area contributed by atoms with Crippen molar-refractivity contribution in [1.29, 1.82) is 0 Å². The molecule has 31 heavy (non-hydrogen) atoms. The van der Waals surface area contributed by atoms with Gasteiger partial charge in [0.25, 0.3) is 5.56 Å². The molecule has 1 aliphatic carbocycles.